The van der Waals surface area contributed by atoms with Crippen molar-refractivity contribution in [3.8, 4) is 0 Å². The van der Waals surface area contributed by atoms with E-state index in [0.717, 1.165) is 12.8 Å². The second-order valence-electron chi connectivity index (χ2n) is 5.21. The first-order chi connectivity index (χ1) is 10.7. The lowest BCUT2D eigenvalue weighted by Gasteiger charge is -2.18. The summed E-state index contributed by atoms with van der Waals surface area (Å²) in [6.45, 7) is 0.254. The molecule has 116 valence electrons. The maximum Gasteiger partial charge on any atom is 0.338 e. The van der Waals surface area contributed by atoms with Crippen molar-refractivity contribution in [3.05, 3.63) is 66.0 Å². The van der Waals surface area contributed by atoms with Crippen LogP contribution in [0.4, 0.5) is 4.79 Å². The lowest BCUT2D eigenvalue weighted by atomic mass is 9.88. The molecule has 1 aromatic carbocycles. The van der Waals surface area contributed by atoms with E-state index in [1.807, 2.05) is 30.5 Å². The summed E-state index contributed by atoms with van der Waals surface area (Å²) in [7, 11) is 0. The molecule has 0 saturated carbocycles. The summed E-state index contributed by atoms with van der Waals surface area (Å²) in [5, 5.41) is 9.83. The van der Waals surface area contributed by atoms with Crippen LogP contribution in [0.15, 0.2) is 54.9 Å². The monoisotopic (exact) mass is 299 g/mol. The van der Waals surface area contributed by atoms with Gasteiger partial charge in [-0.1, -0.05) is 42.8 Å². The summed E-state index contributed by atoms with van der Waals surface area (Å²) < 4.78 is 0. The van der Waals surface area contributed by atoms with Gasteiger partial charge in [0.15, 0.2) is 0 Å². The molecule has 0 saturated heterocycles. The Hall–Kier alpha value is -2.40. The van der Waals surface area contributed by atoms with Crippen LogP contribution in [0.2, 0.25) is 0 Å². The number of carbonyl (C=O) groups is 1. The number of unbranched alkanes of at least 4 members (excludes halogenated alkanes) is 1. The number of nitrogens with two attached hydrogens (primary N) is 1. The van der Waals surface area contributed by atoms with Crippen LogP contribution >= 0.6 is 0 Å². The van der Waals surface area contributed by atoms with Crippen LogP contribution in [-0.4, -0.2) is 27.8 Å². The van der Waals surface area contributed by atoms with Gasteiger partial charge >= 0.3 is 6.03 Å². The average molecular weight is 299 g/mol. The highest BCUT2D eigenvalue weighted by Gasteiger charge is 2.14. The number of primary amides is 1. The van der Waals surface area contributed by atoms with Crippen LogP contribution < -0.4 is 5.73 Å². The van der Waals surface area contributed by atoms with Crippen molar-refractivity contribution in [2.75, 3.05) is 6.54 Å². The third-order valence-electron chi connectivity index (χ3n) is 3.66. The number of hydroxylamine groups is 2. The standard InChI is InChI=1S/C17H21N3O2/c18-17(21)20(22)12-5-4-10-16(14-7-2-1-3-8-14)15-9-6-11-19-13-15/h1-3,6-9,11,13,16,22H,4-5,10,12H2,(H2,18,21). The number of urea groups is 1. The molecular formula is C17H21N3O2. The Morgan fingerprint density at radius 3 is 2.50 bits per heavy atom. The molecule has 0 bridgehead atoms. The van der Waals surface area contributed by atoms with Gasteiger partial charge < -0.3 is 5.73 Å². The number of carbonyl (C=O) groups excluding carboxylic acids is 1. The number of pyridine rings is 1. The van der Waals surface area contributed by atoms with E-state index >= 15 is 0 Å². The van der Waals surface area contributed by atoms with Gasteiger partial charge in [-0.15, -0.1) is 0 Å². The van der Waals surface area contributed by atoms with E-state index in [2.05, 4.69) is 23.2 Å². The highest BCUT2D eigenvalue weighted by atomic mass is 16.5. The van der Waals surface area contributed by atoms with Gasteiger partial charge in [0.2, 0.25) is 0 Å². The Kier molecular flexibility index (Phi) is 5.91. The zero-order chi connectivity index (χ0) is 15.8. The van der Waals surface area contributed by atoms with Crippen LogP contribution in [0.1, 0.15) is 36.3 Å². The van der Waals surface area contributed by atoms with Crippen molar-refractivity contribution >= 4 is 6.03 Å². The molecule has 2 amide bonds. The molecule has 0 spiro atoms. The van der Waals surface area contributed by atoms with Gasteiger partial charge in [-0.05, 0) is 30.0 Å². The molecule has 3 N–H and O–H groups in total. The minimum atomic E-state index is -0.813. The number of benzene rings is 1. The van der Waals surface area contributed by atoms with Crippen molar-refractivity contribution in [1.82, 2.24) is 10.0 Å². The molecule has 1 aromatic heterocycles. The van der Waals surface area contributed by atoms with E-state index in [0.29, 0.717) is 11.5 Å². The number of hydrogen-bond acceptors (Lipinski definition) is 3. The predicted octanol–water partition coefficient (Wildman–Crippen LogP) is 3.15. The van der Waals surface area contributed by atoms with E-state index in [-0.39, 0.29) is 12.5 Å². The third kappa shape index (κ3) is 4.56. The quantitative estimate of drug-likeness (QED) is 0.468. The number of amides is 2. The maximum absolute atomic E-state index is 10.8. The molecule has 1 unspecified atom stereocenters. The first-order valence-electron chi connectivity index (χ1n) is 7.39. The van der Waals surface area contributed by atoms with Crippen LogP contribution in [0.3, 0.4) is 0 Å². The Morgan fingerprint density at radius 1 is 1.14 bits per heavy atom. The first kappa shape index (κ1) is 16.0. The second-order valence-corrected chi connectivity index (χ2v) is 5.21. The summed E-state index contributed by atoms with van der Waals surface area (Å²) in [5.41, 5.74) is 7.40. The molecule has 0 aliphatic rings. The number of nitrogens with zero attached hydrogens (tertiary/aromatic N) is 2. The van der Waals surface area contributed by atoms with Crippen LogP contribution in [0.25, 0.3) is 0 Å². The zero-order valence-corrected chi connectivity index (χ0v) is 12.4. The fourth-order valence-corrected chi connectivity index (χ4v) is 2.51. The third-order valence-corrected chi connectivity index (χ3v) is 3.66. The highest BCUT2D eigenvalue weighted by Crippen LogP contribution is 2.29. The van der Waals surface area contributed by atoms with E-state index in [1.54, 1.807) is 6.20 Å². The average Bonchev–Trinajstić information content (AvgIpc) is 2.56. The fraction of sp³-hybridized carbons (Fsp3) is 0.294. The van der Waals surface area contributed by atoms with E-state index in [4.69, 9.17) is 5.73 Å². The van der Waals surface area contributed by atoms with Gasteiger partial charge in [-0.3, -0.25) is 10.2 Å². The smallest absolute Gasteiger partial charge is 0.338 e. The molecule has 5 heteroatoms. The van der Waals surface area contributed by atoms with Crippen LogP contribution in [-0.2, 0) is 0 Å². The van der Waals surface area contributed by atoms with Gasteiger partial charge in [0.25, 0.3) is 0 Å². The van der Waals surface area contributed by atoms with Crippen molar-refractivity contribution in [1.29, 1.82) is 0 Å². The number of rotatable bonds is 7. The minimum absolute atomic E-state index is 0.254. The van der Waals surface area contributed by atoms with E-state index < -0.39 is 6.03 Å². The summed E-state index contributed by atoms with van der Waals surface area (Å²) in [4.78, 5) is 15.0. The fourth-order valence-electron chi connectivity index (χ4n) is 2.51. The highest BCUT2D eigenvalue weighted by molar-refractivity contribution is 5.70. The second kappa shape index (κ2) is 8.14. The molecule has 22 heavy (non-hydrogen) atoms. The first-order valence-corrected chi connectivity index (χ1v) is 7.39. The topological polar surface area (TPSA) is 79.5 Å². The molecule has 0 fully saturated rings. The Labute approximate surface area is 130 Å². The van der Waals surface area contributed by atoms with Gasteiger partial charge in [0.1, 0.15) is 0 Å². The van der Waals surface area contributed by atoms with Gasteiger partial charge in [0, 0.05) is 18.3 Å². The molecule has 1 heterocycles. The summed E-state index contributed by atoms with van der Waals surface area (Å²) in [6, 6.07) is 13.5. The molecule has 0 aliphatic heterocycles. The van der Waals surface area contributed by atoms with E-state index in [9.17, 15) is 10.0 Å². The van der Waals surface area contributed by atoms with Gasteiger partial charge in [-0.25, -0.2) is 9.86 Å². The SMILES string of the molecule is NC(=O)N(O)CCCCC(c1ccccc1)c1cccnc1. The lowest BCUT2D eigenvalue weighted by Crippen LogP contribution is -2.33. The molecular weight excluding hydrogens is 278 g/mol. The molecule has 5 nitrogen and oxygen atoms in total. The van der Waals surface area contributed by atoms with Gasteiger partial charge in [0.05, 0.1) is 6.54 Å². The summed E-state index contributed by atoms with van der Waals surface area (Å²) >= 11 is 0. The molecule has 0 radical (unpaired) electrons. The maximum atomic E-state index is 10.8. The number of aromatic nitrogens is 1. The molecule has 1 atom stereocenters. The largest absolute Gasteiger partial charge is 0.350 e. The lowest BCUT2D eigenvalue weighted by molar-refractivity contribution is -0.0403. The van der Waals surface area contributed by atoms with Crippen LogP contribution in [0.5, 0.6) is 0 Å². The molecule has 2 aromatic rings. The van der Waals surface area contributed by atoms with Crippen molar-refractivity contribution in [2.45, 2.75) is 25.2 Å². The normalized spacial score (nSPS) is 11.9. The van der Waals surface area contributed by atoms with Crippen molar-refractivity contribution in [2.24, 2.45) is 5.73 Å². The summed E-state index contributed by atoms with van der Waals surface area (Å²) in [5.74, 6) is 0.260. The Balaban J connectivity index is 1.99. The number of hydrogen-bond donors (Lipinski definition) is 2. The van der Waals surface area contributed by atoms with Crippen LogP contribution in [0, 0.1) is 0 Å². The van der Waals surface area contributed by atoms with E-state index in [1.165, 1.54) is 11.1 Å². The van der Waals surface area contributed by atoms with Gasteiger partial charge in [-0.2, -0.15) is 0 Å². The molecule has 2 rings (SSSR count). The minimum Gasteiger partial charge on any atom is -0.350 e. The zero-order valence-electron chi connectivity index (χ0n) is 12.4. The molecule has 0 aliphatic carbocycles. The Bertz CT molecular complexity index is 535. The van der Waals surface area contributed by atoms with Crippen molar-refractivity contribution < 1.29 is 10.0 Å². The predicted molar refractivity (Wildman–Crippen MR) is 84.4 cm³/mol. The summed E-state index contributed by atoms with van der Waals surface area (Å²) in [6.07, 6.45) is 6.14. The Morgan fingerprint density at radius 2 is 1.86 bits per heavy atom. The van der Waals surface area contributed by atoms with Crippen molar-refractivity contribution in [3.63, 3.8) is 0 Å².